The molecule has 2 heterocycles. The van der Waals surface area contributed by atoms with Crippen molar-refractivity contribution in [1.29, 1.82) is 0 Å². The lowest BCUT2D eigenvalue weighted by molar-refractivity contribution is -0.175. The number of benzene rings is 4. The van der Waals surface area contributed by atoms with E-state index in [1.807, 2.05) is 56.3 Å². The van der Waals surface area contributed by atoms with Crippen molar-refractivity contribution in [3.8, 4) is 0 Å². The van der Waals surface area contributed by atoms with Crippen molar-refractivity contribution in [2.24, 2.45) is 0 Å². The number of nitrogens with zero attached hydrogens (tertiary/aromatic N) is 1. The molecule has 48 heavy (non-hydrogen) atoms. The number of amides is 1. The van der Waals surface area contributed by atoms with Crippen LogP contribution in [0.2, 0.25) is 0 Å². The Balaban J connectivity index is 1.45. The highest BCUT2D eigenvalue weighted by Crippen LogP contribution is 2.61. The second-order valence-electron chi connectivity index (χ2n) is 12.8. The van der Waals surface area contributed by atoms with Gasteiger partial charge in [-0.05, 0) is 53.9 Å². The molecule has 0 radical (unpaired) electrons. The van der Waals surface area contributed by atoms with Gasteiger partial charge in [0.2, 0.25) is 5.60 Å². The predicted octanol–water partition coefficient (Wildman–Crippen LogP) is 5.46. The Morgan fingerprint density at radius 2 is 1.67 bits per heavy atom. The summed E-state index contributed by atoms with van der Waals surface area (Å²) in [6.45, 7) is 3.72. The Bertz CT molecular complexity index is 2090. The largest absolute Gasteiger partial charge is 0.483 e. The molecule has 1 amide bonds. The molecule has 5 atom stereocenters. The highest BCUT2D eigenvalue weighted by atomic mass is 32.2. The van der Waals surface area contributed by atoms with E-state index in [4.69, 9.17) is 9.47 Å². The average molecular weight is 665 g/mol. The van der Waals surface area contributed by atoms with Crippen LogP contribution in [-0.4, -0.2) is 50.7 Å². The number of rotatable bonds is 7. The van der Waals surface area contributed by atoms with Crippen LogP contribution in [0.3, 0.4) is 0 Å². The number of hydrogen-bond acceptors (Lipinski definition) is 7. The minimum atomic E-state index is -4.29. The Kier molecular flexibility index (Phi) is 7.76. The predicted molar refractivity (Wildman–Crippen MR) is 181 cm³/mol. The second kappa shape index (κ2) is 11.7. The number of carbonyl (C=O) groups is 3. The van der Waals surface area contributed by atoms with E-state index in [0.717, 1.165) is 21.9 Å². The fourth-order valence-corrected chi connectivity index (χ4v) is 9.84. The molecule has 0 aromatic heterocycles. The van der Waals surface area contributed by atoms with Gasteiger partial charge in [0.05, 0.1) is 46.9 Å². The highest BCUT2D eigenvalue weighted by Gasteiger charge is 2.74. The van der Waals surface area contributed by atoms with Crippen molar-refractivity contribution in [3.05, 3.63) is 120 Å². The Morgan fingerprint density at radius 3 is 2.42 bits per heavy atom. The fourth-order valence-electron chi connectivity index (χ4n) is 8.14. The lowest BCUT2D eigenvalue weighted by atomic mass is 9.54. The molecular weight excluding hydrogens is 628 g/mol. The number of methoxy groups -OCH3 is 1. The van der Waals surface area contributed by atoms with Gasteiger partial charge in [0, 0.05) is 26.0 Å². The first kappa shape index (κ1) is 31.8. The van der Waals surface area contributed by atoms with Gasteiger partial charge in [-0.3, -0.25) is 18.7 Å². The summed E-state index contributed by atoms with van der Waals surface area (Å²) in [5.41, 5.74) is -1.08. The van der Waals surface area contributed by atoms with Crippen molar-refractivity contribution < 1.29 is 32.3 Å². The molecule has 1 N–H and O–H groups in total. The molecule has 1 saturated carbocycles. The Morgan fingerprint density at radius 1 is 0.958 bits per heavy atom. The normalized spacial score (nSPS) is 25.7. The van der Waals surface area contributed by atoms with Gasteiger partial charge in [0.1, 0.15) is 5.78 Å². The number of Topliss-reactive ketones (excluding diaryl/α,β-unsaturated/α-hetero) is 1. The zero-order valence-electron chi connectivity index (χ0n) is 26.9. The third kappa shape index (κ3) is 4.61. The SMILES string of the molecule is COC1CC(=O)C[C@@H]2N(S(=O)(=O)c3ccc(C)cc3)c3ccccc3[C@@]12C1(C(=O)N[C@H](C)c2cccc3ccccc23)CC(=O)C=CO1. The number of ether oxygens (including phenoxy) is 2. The van der Waals surface area contributed by atoms with Crippen LogP contribution in [0.25, 0.3) is 10.8 Å². The van der Waals surface area contributed by atoms with E-state index in [9.17, 15) is 18.0 Å². The first-order valence-electron chi connectivity index (χ1n) is 16.0. The average Bonchev–Trinajstić information content (AvgIpc) is 3.39. The minimum absolute atomic E-state index is 0.0364. The molecule has 1 aliphatic carbocycles. The molecule has 246 valence electrons. The standard InChI is InChI=1S/C38H36N2O7S/c1-24-15-17-29(18-16-24)48(44,45)40-33-14-7-6-13-32(33)38(34(40)21-28(42)22-35(38)46-3)37(23-27(41)19-20-47-37)36(43)39-25(2)30-12-8-10-26-9-4-5-11-31(26)30/h4-20,25,34-35H,21-23H2,1-3H3,(H,39,43)/t25-,34+,35?,37?,38+/m1/s1. The third-order valence-corrected chi connectivity index (χ3v) is 12.1. The maximum Gasteiger partial charge on any atom is 0.266 e. The maximum absolute atomic E-state index is 15.1. The van der Waals surface area contributed by atoms with Gasteiger partial charge in [0.25, 0.3) is 15.9 Å². The lowest BCUT2D eigenvalue weighted by Crippen LogP contribution is -2.74. The van der Waals surface area contributed by atoms with Crippen LogP contribution < -0.4 is 9.62 Å². The van der Waals surface area contributed by atoms with Crippen LogP contribution in [-0.2, 0) is 39.3 Å². The Labute approximate surface area is 279 Å². The van der Waals surface area contributed by atoms with Gasteiger partial charge in [-0.25, -0.2) is 8.42 Å². The zero-order valence-corrected chi connectivity index (χ0v) is 27.7. The van der Waals surface area contributed by atoms with Gasteiger partial charge < -0.3 is 14.8 Å². The summed E-state index contributed by atoms with van der Waals surface area (Å²) in [4.78, 5) is 42.1. The molecule has 1 fully saturated rings. The lowest BCUT2D eigenvalue weighted by Gasteiger charge is -2.55. The molecule has 0 bridgehead atoms. The molecule has 0 spiro atoms. The molecule has 7 rings (SSSR count). The van der Waals surface area contributed by atoms with E-state index in [0.29, 0.717) is 11.3 Å². The number of anilines is 1. The molecule has 2 unspecified atom stereocenters. The summed E-state index contributed by atoms with van der Waals surface area (Å²) < 4.78 is 43.1. The van der Waals surface area contributed by atoms with Crippen LogP contribution in [0, 0.1) is 6.92 Å². The van der Waals surface area contributed by atoms with Crippen LogP contribution in [0.15, 0.2) is 108 Å². The number of fused-ring (bicyclic) bond motifs is 4. The van der Waals surface area contributed by atoms with Crippen molar-refractivity contribution in [2.45, 2.75) is 67.2 Å². The number of nitrogens with one attached hydrogen (secondary N) is 1. The molecule has 4 aromatic carbocycles. The first-order chi connectivity index (χ1) is 23.0. The van der Waals surface area contributed by atoms with Crippen LogP contribution in [0.1, 0.15) is 48.9 Å². The van der Waals surface area contributed by atoms with Crippen LogP contribution in [0.4, 0.5) is 5.69 Å². The Hall–Kier alpha value is -4.80. The second-order valence-corrected chi connectivity index (χ2v) is 14.7. The number of para-hydroxylation sites is 1. The van der Waals surface area contributed by atoms with Crippen molar-refractivity contribution in [1.82, 2.24) is 5.32 Å². The monoisotopic (exact) mass is 664 g/mol. The van der Waals surface area contributed by atoms with Crippen molar-refractivity contribution in [3.63, 3.8) is 0 Å². The van der Waals surface area contributed by atoms with E-state index in [2.05, 4.69) is 5.32 Å². The van der Waals surface area contributed by atoms with E-state index >= 15 is 4.79 Å². The van der Waals surface area contributed by atoms with Gasteiger partial charge in [-0.1, -0.05) is 78.4 Å². The topological polar surface area (TPSA) is 119 Å². The van der Waals surface area contributed by atoms with Crippen molar-refractivity contribution in [2.75, 3.05) is 11.4 Å². The molecule has 0 saturated heterocycles. The number of carbonyl (C=O) groups excluding carboxylic acids is 3. The number of ketones is 2. The van der Waals surface area contributed by atoms with E-state index < -0.39 is 51.6 Å². The highest BCUT2D eigenvalue weighted by molar-refractivity contribution is 7.93. The minimum Gasteiger partial charge on any atom is -0.483 e. The van der Waals surface area contributed by atoms with E-state index in [-0.39, 0.29) is 29.3 Å². The quantitative estimate of drug-likeness (QED) is 0.279. The number of aryl methyl sites for hydroxylation is 1. The molecular formula is C38H36N2O7S. The van der Waals surface area contributed by atoms with E-state index in [1.165, 1.54) is 35.9 Å². The van der Waals surface area contributed by atoms with Crippen LogP contribution in [0.5, 0.6) is 0 Å². The number of hydrogen-bond donors (Lipinski definition) is 1. The summed E-state index contributed by atoms with van der Waals surface area (Å²) in [6.07, 6.45) is 0.755. The van der Waals surface area contributed by atoms with E-state index in [1.54, 1.807) is 36.4 Å². The third-order valence-electron chi connectivity index (χ3n) is 10.2. The molecule has 3 aliphatic rings. The smallest absolute Gasteiger partial charge is 0.266 e. The molecule has 2 aliphatic heterocycles. The summed E-state index contributed by atoms with van der Waals surface area (Å²) in [5.74, 6) is -1.20. The summed E-state index contributed by atoms with van der Waals surface area (Å²) in [6, 6.07) is 25.4. The fraction of sp³-hybridized carbons (Fsp3) is 0.289. The molecule has 9 nitrogen and oxygen atoms in total. The summed E-state index contributed by atoms with van der Waals surface area (Å²) in [5, 5.41) is 5.10. The van der Waals surface area contributed by atoms with Crippen molar-refractivity contribution >= 4 is 44.0 Å². The van der Waals surface area contributed by atoms with Gasteiger partial charge in [-0.15, -0.1) is 0 Å². The van der Waals surface area contributed by atoms with Gasteiger partial charge >= 0.3 is 0 Å². The number of sulfonamides is 1. The van der Waals surface area contributed by atoms with Crippen LogP contribution >= 0.6 is 0 Å². The molecule has 10 heteroatoms. The summed E-state index contributed by atoms with van der Waals surface area (Å²) in [7, 11) is -2.85. The zero-order chi connectivity index (χ0) is 33.8. The van der Waals surface area contributed by atoms with Gasteiger partial charge in [0.15, 0.2) is 5.78 Å². The number of allylic oxidation sites excluding steroid dienone is 1. The maximum atomic E-state index is 15.1. The molecule has 4 aromatic rings. The summed E-state index contributed by atoms with van der Waals surface area (Å²) >= 11 is 0. The van der Waals surface area contributed by atoms with Gasteiger partial charge in [-0.2, -0.15) is 0 Å². The first-order valence-corrected chi connectivity index (χ1v) is 17.4.